The molecule has 0 saturated heterocycles. The summed E-state index contributed by atoms with van der Waals surface area (Å²) in [6, 6.07) is 16.4. The van der Waals surface area contributed by atoms with Crippen LogP contribution in [-0.4, -0.2) is 19.9 Å². The smallest absolute Gasteiger partial charge is 0.0658 e. The van der Waals surface area contributed by atoms with Gasteiger partial charge in [0.1, 0.15) is 0 Å². The molecule has 128 valence electrons. The van der Waals surface area contributed by atoms with E-state index in [1.165, 1.54) is 0 Å². The van der Waals surface area contributed by atoms with Crippen molar-refractivity contribution in [3.8, 4) is 0 Å². The Bertz CT molecular complexity index is 996. The topological polar surface area (TPSA) is 85.9 Å². The fourth-order valence-corrected chi connectivity index (χ4v) is 2.94. The Balaban J connectivity index is 0.000000980. The number of H-pyrrole nitrogens is 2. The van der Waals surface area contributed by atoms with Crippen LogP contribution < -0.4 is 0 Å². The Morgan fingerprint density at radius 2 is 0.769 bits per heavy atom. The Hall–Kier alpha value is -2.92. The maximum absolute atomic E-state index is 4.63. The molecule has 0 atom stereocenters. The van der Waals surface area contributed by atoms with Crippen molar-refractivity contribution >= 4 is 46.4 Å². The fraction of sp³-hybridized carbons (Fsp3) is 0. The SMILES string of the molecule is C1=Cc2cc3ccc(cc4nc(cc5ccc(cc1n2)[nH]5)C=C4)[nH]3.[Fe].[O]. The van der Waals surface area contributed by atoms with Gasteiger partial charge < -0.3 is 9.97 Å². The van der Waals surface area contributed by atoms with Crippen LogP contribution in [0.5, 0.6) is 0 Å². The second-order valence-electron chi connectivity index (χ2n) is 5.91. The molecule has 26 heavy (non-hydrogen) atoms. The summed E-state index contributed by atoms with van der Waals surface area (Å²) in [6.07, 6.45) is 8.09. The van der Waals surface area contributed by atoms with E-state index >= 15 is 0 Å². The maximum atomic E-state index is 4.63. The van der Waals surface area contributed by atoms with Crippen LogP contribution in [0, 0.1) is 0 Å². The first-order chi connectivity index (χ1) is 11.8. The summed E-state index contributed by atoms with van der Waals surface area (Å²) < 4.78 is 0. The van der Waals surface area contributed by atoms with Crippen LogP contribution in [-0.2, 0) is 22.5 Å². The normalized spacial score (nSPS) is 11.7. The van der Waals surface area contributed by atoms with Gasteiger partial charge in [0.2, 0.25) is 0 Å². The van der Waals surface area contributed by atoms with E-state index in [0.29, 0.717) is 0 Å². The minimum absolute atomic E-state index is 0. The van der Waals surface area contributed by atoms with Crippen molar-refractivity contribution in [2.45, 2.75) is 0 Å². The molecule has 0 fully saturated rings. The molecule has 0 unspecified atom stereocenters. The molecule has 5 rings (SSSR count). The maximum Gasteiger partial charge on any atom is 0.0658 e. The molecule has 0 amide bonds. The van der Waals surface area contributed by atoms with Crippen LogP contribution in [0.15, 0.2) is 48.5 Å². The Labute approximate surface area is 160 Å². The fourth-order valence-electron chi connectivity index (χ4n) is 2.94. The second kappa shape index (κ2) is 7.14. The molecule has 3 aromatic rings. The van der Waals surface area contributed by atoms with Gasteiger partial charge in [-0.2, -0.15) is 0 Å². The van der Waals surface area contributed by atoms with E-state index in [1.807, 2.05) is 48.6 Å². The minimum Gasteiger partial charge on any atom is -0.355 e. The Morgan fingerprint density at radius 1 is 0.500 bits per heavy atom. The molecule has 0 saturated carbocycles. The van der Waals surface area contributed by atoms with Crippen LogP contribution in [0.1, 0.15) is 22.8 Å². The average Bonchev–Trinajstić information content (AvgIpc) is 3.32. The number of aromatic amines is 2. The number of fused-ring (bicyclic) bond motifs is 8. The third kappa shape index (κ3) is 3.53. The molecule has 8 bridgehead atoms. The number of aromatic nitrogens is 4. The first-order valence-corrected chi connectivity index (χ1v) is 7.85. The van der Waals surface area contributed by atoms with E-state index in [9.17, 15) is 0 Å². The number of hydrogen-bond acceptors (Lipinski definition) is 2. The van der Waals surface area contributed by atoms with Crippen molar-refractivity contribution in [1.29, 1.82) is 0 Å². The summed E-state index contributed by atoms with van der Waals surface area (Å²) in [7, 11) is 0. The molecule has 2 aliphatic rings. The molecular weight excluding hydrogens is 368 g/mol. The summed E-state index contributed by atoms with van der Waals surface area (Å²) in [4.78, 5) is 16.0. The van der Waals surface area contributed by atoms with Crippen molar-refractivity contribution in [2.75, 3.05) is 0 Å². The van der Waals surface area contributed by atoms with Gasteiger partial charge in [-0.1, -0.05) is 0 Å². The average molecular weight is 382 g/mol. The molecule has 0 spiro atoms. The number of rotatable bonds is 0. The molecule has 0 aromatic carbocycles. The number of hydrogen-bond donors (Lipinski definition) is 2. The van der Waals surface area contributed by atoms with Crippen molar-refractivity contribution in [2.24, 2.45) is 0 Å². The predicted octanol–water partition coefficient (Wildman–Crippen LogP) is 4.53. The van der Waals surface area contributed by atoms with E-state index in [2.05, 4.69) is 44.2 Å². The Morgan fingerprint density at radius 3 is 1.04 bits per heavy atom. The molecule has 5 nitrogen and oxygen atoms in total. The van der Waals surface area contributed by atoms with E-state index < -0.39 is 0 Å². The van der Waals surface area contributed by atoms with Crippen molar-refractivity contribution in [3.63, 3.8) is 0 Å². The van der Waals surface area contributed by atoms with Crippen LogP contribution >= 0.6 is 0 Å². The first-order valence-electron chi connectivity index (χ1n) is 7.85. The van der Waals surface area contributed by atoms with Crippen molar-refractivity contribution in [3.05, 3.63) is 71.3 Å². The third-order valence-electron chi connectivity index (χ3n) is 4.04. The molecule has 2 aliphatic heterocycles. The van der Waals surface area contributed by atoms with E-state index in [4.69, 9.17) is 0 Å². The van der Waals surface area contributed by atoms with E-state index in [0.717, 1.165) is 44.8 Å². The van der Waals surface area contributed by atoms with Gasteiger partial charge in [0.25, 0.3) is 0 Å². The summed E-state index contributed by atoms with van der Waals surface area (Å²) in [5.74, 6) is 0. The van der Waals surface area contributed by atoms with Crippen molar-refractivity contribution in [1.82, 2.24) is 19.9 Å². The zero-order valence-corrected chi connectivity index (χ0v) is 14.7. The minimum atomic E-state index is 0. The van der Waals surface area contributed by atoms with Gasteiger partial charge in [-0.05, 0) is 72.8 Å². The number of nitrogens with zero attached hydrogens (tertiary/aromatic N) is 2. The second-order valence-corrected chi connectivity index (χ2v) is 5.91. The van der Waals surface area contributed by atoms with Gasteiger partial charge in [-0.15, -0.1) is 0 Å². The van der Waals surface area contributed by atoms with Gasteiger partial charge in [-0.3, -0.25) is 0 Å². The van der Waals surface area contributed by atoms with Gasteiger partial charge in [0.15, 0.2) is 0 Å². The van der Waals surface area contributed by atoms with E-state index in [-0.39, 0.29) is 22.5 Å². The van der Waals surface area contributed by atoms with Crippen LogP contribution in [0.2, 0.25) is 0 Å². The zero-order valence-electron chi connectivity index (χ0n) is 13.6. The van der Waals surface area contributed by atoms with Crippen LogP contribution in [0.3, 0.4) is 0 Å². The first kappa shape index (κ1) is 17.9. The monoisotopic (exact) mass is 382 g/mol. The quantitative estimate of drug-likeness (QED) is 0.386. The molecule has 3 aromatic heterocycles. The summed E-state index contributed by atoms with van der Waals surface area (Å²) >= 11 is 0. The van der Waals surface area contributed by atoms with Gasteiger partial charge >= 0.3 is 0 Å². The van der Waals surface area contributed by atoms with Gasteiger partial charge in [0, 0.05) is 44.6 Å². The summed E-state index contributed by atoms with van der Waals surface area (Å²) in [5.41, 5.74) is 7.86. The molecule has 0 aliphatic carbocycles. The molecule has 6 heteroatoms. The molecular formula is C20H14FeN4O. The van der Waals surface area contributed by atoms with Crippen molar-refractivity contribution < 1.29 is 22.5 Å². The zero-order chi connectivity index (χ0) is 15.9. The summed E-state index contributed by atoms with van der Waals surface area (Å²) in [5, 5.41) is 0. The molecule has 5 heterocycles. The number of nitrogens with one attached hydrogen (secondary N) is 2. The van der Waals surface area contributed by atoms with Crippen LogP contribution in [0.25, 0.3) is 46.4 Å². The largest absolute Gasteiger partial charge is 0.355 e. The van der Waals surface area contributed by atoms with Crippen LogP contribution in [0.4, 0.5) is 0 Å². The molecule has 2 radical (unpaired) electrons. The Kier molecular flexibility index (Phi) is 4.91. The third-order valence-corrected chi connectivity index (χ3v) is 4.04. The van der Waals surface area contributed by atoms with Gasteiger partial charge in [-0.25, -0.2) is 9.97 Å². The standard InChI is InChI=1S/C20H14N4.Fe.O/c1-2-14-10-16-5-6-18(23-16)12-20-8-7-19(24-20)11-17-4-3-15(22-17)9-13(1)21-14;;/h1-12,21,24H;;. The van der Waals surface area contributed by atoms with Gasteiger partial charge in [0.05, 0.1) is 22.8 Å². The van der Waals surface area contributed by atoms with E-state index in [1.54, 1.807) is 0 Å². The predicted molar refractivity (Wildman–Crippen MR) is 99.5 cm³/mol. The summed E-state index contributed by atoms with van der Waals surface area (Å²) in [6.45, 7) is 0. The molecule has 2 N–H and O–H groups in total.